The van der Waals surface area contributed by atoms with Crippen molar-refractivity contribution in [3.63, 3.8) is 0 Å². The minimum Gasteiger partial charge on any atom is -0.404 e. The van der Waals surface area contributed by atoms with Crippen LogP contribution in [-0.2, 0) is 4.79 Å². The number of nitrogens with zero attached hydrogens (tertiary/aromatic N) is 6. The Hall–Kier alpha value is -3.88. The van der Waals surface area contributed by atoms with E-state index < -0.39 is 0 Å². The highest BCUT2D eigenvalue weighted by molar-refractivity contribution is 6.10. The van der Waals surface area contributed by atoms with Crippen LogP contribution in [0.4, 0.5) is 11.6 Å². The predicted octanol–water partition coefficient (Wildman–Crippen LogP) is 3.14. The number of fused-ring (bicyclic) bond motifs is 1. The van der Waals surface area contributed by atoms with E-state index in [4.69, 9.17) is 5.73 Å². The van der Waals surface area contributed by atoms with Crippen molar-refractivity contribution in [2.45, 2.75) is 26.7 Å². The molecule has 0 unspecified atom stereocenters. The molecule has 0 aliphatic carbocycles. The molecule has 1 amide bonds. The number of carbonyl (C=O) groups is 1. The number of allylic oxidation sites excluding steroid dienone is 1. The summed E-state index contributed by atoms with van der Waals surface area (Å²) in [6.07, 6.45) is 6.81. The lowest BCUT2D eigenvalue weighted by atomic mass is 10.0. The predicted molar refractivity (Wildman–Crippen MR) is 130 cm³/mol. The summed E-state index contributed by atoms with van der Waals surface area (Å²) in [4.78, 5) is 26.8. The van der Waals surface area contributed by atoms with Gasteiger partial charge in [-0.2, -0.15) is 5.10 Å². The van der Waals surface area contributed by atoms with E-state index >= 15 is 0 Å². The lowest BCUT2D eigenvalue weighted by molar-refractivity contribution is -0.134. The molecule has 3 aromatic heterocycles. The molecule has 0 aromatic carbocycles. The lowest BCUT2D eigenvalue weighted by Gasteiger charge is -2.37. The third kappa shape index (κ3) is 5.31. The number of anilines is 2. The van der Waals surface area contributed by atoms with Gasteiger partial charge in [0.15, 0.2) is 5.82 Å². The fourth-order valence-corrected chi connectivity index (χ4v) is 3.58. The molecule has 3 aromatic rings. The van der Waals surface area contributed by atoms with Crippen molar-refractivity contribution in [2.24, 2.45) is 16.6 Å². The van der Waals surface area contributed by atoms with Crippen LogP contribution in [0.5, 0.6) is 0 Å². The number of carbonyl (C=O) groups excluding carboxylic acids is 1. The first-order valence-electron chi connectivity index (χ1n) is 11.0. The van der Waals surface area contributed by atoms with Crippen LogP contribution in [0.3, 0.4) is 0 Å². The van der Waals surface area contributed by atoms with Gasteiger partial charge in [0.2, 0.25) is 5.91 Å². The van der Waals surface area contributed by atoms with Gasteiger partial charge < -0.3 is 16.0 Å². The molecule has 1 aliphatic rings. The largest absolute Gasteiger partial charge is 0.404 e. The highest BCUT2D eigenvalue weighted by atomic mass is 16.2. The Morgan fingerprint density at radius 3 is 2.79 bits per heavy atom. The summed E-state index contributed by atoms with van der Waals surface area (Å²) in [5.41, 5.74) is 10.1. The van der Waals surface area contributed by atoms with Crippen molar-refractivity contribution in [1.82, 2.24) is 25.1 Å². The van der Waals surface area contributed by atoms with Gasteiger partial charge in [-0.25, -0.2) is 4.98 Å². The van der Waals surface area contributed by atoms with Crippen LogP contribution in [0.2, 0.25) is 0 Å². The van der Waals surface area contributed by atoms with Crippen LogP contribution in [0.15, 0.2) is 47.9 Å². The van der Waals surface area contributed by atoms with Gasteiger partial charge in [-0.1, -0.05) is 13.8 Å². The van der Waals surface area contributed by atoms with Crippen LogP contribution in [-0.4, -0.2) is 56.8 Å². The number of hydrogen-bond donors (Lipinski definition) is 2. The standard InChI is InChI=1S/C24H28N8O/c1-15(2)18-7-24(31-28-12-18)30-23-5-4-21-22(29-23)6-19(11-27-21)20(8-25)10-26-9-17-13-32(14-17)16(3)33/h4-8,10-12,15,17H,9,13-14,25H2,1-3H3,(H,29,30,31). The van der Waals surface area contributed by atoms with E-state index in [2.05, 4.69) is 44.3 Å². The molecule has 9 nitrogen and oxygen atoms in total. The third-order valence-electron chi connectivity index (χ3n) is 5.65. The second kappa shape index (κ2) is 9.72. The minimum atomic E-state index is 0.112. The normalized spacial score (nSPS) is 14.8. The van der Waals surface area contributed by atoms with Gasteiger partial charge in [-0.05, 0) is 35.7 Å². The fraction of sp³-hybridized carbons (Fsp3) is 0.333. The number of hydrogen-bond acceptors (Lipinski definition) is 8. The number of aliphatic imine (C=N–C) groups is 1. The van der Waals surface area contributed by atoms with E-state index in [0.29, 0.717) is 30.0 Å². The van der Waals surface area contributed by atoms with Crippen molar-refractivity contribution >= 4 is 40.4 Å². The molecular weight excluding hydrogens is 416 g/mol. The number of amides is 1. The Bertz CT molecular complexity index is 1210. The molecule has 4 rings (SSSR count). The zero-order valence-electron chi connectivity index (χ0n) is 19.1. The van der Waals surface area contributed by atoms with Crippen LogP contribution >= 0.6 is 0 Å². The first-order valence-corrected chi connectivity index (χ1v) is 11.0. The summed E-state index contributed by atoms with van der Waals surface area (Å²) in [6.45, 7) is 7.99. The van der Waals surface area contributed by atoms with Crippen molar-refractivity contribution < 1.29 is 4.79 Å². The van der Waals surface area contributed by atoms with E-state index in [1.54, 1.807) is 25.5 Å². The quantitative estimate of drug-likeness (QED) is 0.537. The molecule has 1 aliphatic heterocycles. The second-order valence-electron chi connectivity index (χ2n) is 8.52. The average molecular weight is 445 g/mol. The minimum absolute atomic E-state index is 0.112. The summed E-state index contributed by atoms with van der Waals surface area (Å²) in [5, 5.41) is 11.4. The van der Waals surface area contributed by atoms with Gasteiger partial charge in [0.05, 0.1) is 17.2 Å². The molecule has 0 atom stereocenters. The topological polar surface area (TPSA) is 122 Å². The van der Waals surface area contributed by atoms with E-state index in [1.807, 2.05) is 29.2 Å². The lowest BCUT2D eigenvalue weighted by Crippen LogP contribution is -2.50. The third-order valence-corrected chi connectivity index (χ3v) is 5.65. The van der Waals surface area contributed by atoms with Crippen molar-refractivity contribution in [3.05, 3.63) is 54.0 Å². The maximum atomic E-state index is 11.3. The summed E-state index contributed by atoms with van der Waals surface area (Å²) in [6, 6.07) is 7.69. The van der Waals surface area contributed by atoms with Gasteiger partial charge >= 0.3 is 0 Å². The number of likely N-dealkylation sites (tertiary alicyclic amines) is 1. The molecule has 0 radical (unpaired) electrons. The monoisotopic (exact) mass is 444 g/mol. The summed E-state index contributed by atoms with van der Waals surface area (Å²) < 4.78 is 0. The Balaban J connectivity index is 1.47. The number of nitrogens with one attached hydrogen (secondary N) is 1. The number of nitrogens with two attached hydrogens (primary N) is 1. The van der Waals surface area contributed by atoms with Crippen molar-refractivity contribution in [3.8, 4) is 0 Å². The molecule has 9 heteroatoms. The molecule has 0 spiro atoms. The molecule has 1 fully saturated rings. The Morgan fingerprint density at radius 1 is 1.24 bits per heavy atom. The summed E-state index contributed by atoms with van der Waals surface area (Å²) in [5.74, 6) is 2.17. The zero-order valence-corrected chi connectivity index (χ0v) is 19.1. The molecule has 0 bridgehead atoms. The summed E-state index contributed by atoms with van der Waals surface area (Å²) in [7, 11) is 0. The van der Waals surface area contributed by atoms with Crippen LogP contribution < -0.4 is 11.1 Å². The van der Waals surface area contributed by atoms with Crippen LogP contribution in [0, 0.1) is 5.92 Å². The molecule has 33 heavy (non-hydrogen) atoms. The van der Waals surface area contributed by atoms with Gasteiger partial charge in [0.25, 0.3) is 0 Å². The zero-order chi connectivity index (χ0) is 23.4. The fourth-order valence-electron chi connectivity index (χ4n) is 3.58. The number of rotatable bonds is 7. The van der Waals surface area contributed by atoms with Gasteiger partial charge in [-0.3, -0.25) is 14.8 Å². The molecule has 3 N–H and O–H groups in total. The molecule has 1 saturated heterocycles. The first-order chi connectivity index (χ1) is 15.9. The maximum absolute atomic E-state index is 11.3. The Labute approximate surface area is 192 Å². The Kier molecular flexibility index (Phi) is 6.58. The van der Waals surface area contributed by atoms with E-state index in [0.717, 1.165) is 40.8 Å². The molecular formula is C24H28N8O. The molecule has 0 saturated carbocycles. The Morgan fingerprint density at radius 2 is 2.06 bits per heavy atom. The van der Waals surface area contributed by atoms with Gasteiger partial charge in [-0.15, -0.1) is 5.10 Å². The van der Waals surface area contributed by atoms with Crippen LogP contribution in [0.25, 0.3) is 16.6 Å². The van der Waals surface area contributed by atoms with Gasteiger partial charge in [0.1, 0.15) is 5.82 Å². The summed E-state index contributed by atoms with van der Waals surface area (Å²) >= 11 is 0. The maximum Gasteiger partial charge on any atom is 0.219 e. The van der Waals surface area contributed by atoms with E-state index in [9.17, 15) is 4.79 Å². The molecule has 170 valence electrons. The highest BCUT2D eigenvalue weighted by Gasteiger charge is 2.27. The van der Waals surface area contributed by atoms with Crippen molar-refractivity contribution in [1.29, 1.82) is 0 Å². The number of pyridine rings is 2. The highest BCUT2D eigenvalue weighted by Crippen LogP contribution is 2.22. The van der Waals surface area contributed by atoms with Crippen LogP contribution in [0.1, 0.15) is 37.8 Å². The second-order valence-corrected chi connectivity index (χ2v) is 8.52. The van der Waals surface area contributed by atoms with Crippen molar-refractivity contribution in [2.75, 3.05) is 25.0 Å². The molecule has 4 heterocycles. The van der Waals surface area contributed by atoms with Gasteiger partial charge in [0, 0.05) is 62.2 Å². The van der Waals surface area contributed by atoms with E-state index in [1.165, 1.54) is 6.20 Å². The van der Waals surface area contributed by atoms with E-state index in [-0.39, 0.29) is 5.91 Å². The smallest absolute Gasteiger partial charge is 0.219 e. The first kappa shape index (κ1) is 22.3. The average Bonchev–Trinajstić information content (AvgIpc) is 2.77. The SMILES string of the molecule is CC(=O)N1CC(CN=CC(=CN)c2cnc3ccc(Nc4cc(C(C)C)cnn4)nc3c2)C1. The number of aromatic nitrogens is 4.